The second-order valence-corrected chi connectivity index (χ2v) is 7.70. The third-order valence-electron chi connectivity index (χ3n) is 4.00. The Kier molecular flexibility index (Phi) is 18.7. The summed E-state index contributed by atoms with van der Waals surface area (Å²) in [5.74, 6) is 0. The minimum absolute atomic E-state index is 0. The van der Waals surface area contributed by atoms with Gasteiger partial charge in [0.05, 0.1) is 16.2 Å². The Hall–Kier alpha value is 1.51. The van der Waals surface area contributed by atoms with Gasteiger partial charge in [0.15, 0.2) is 0 Å². The molecule has 0 spiro atoms. The number of aliphatic hydroxyl groups is 1. The van der Waals surface area contributed by atoms with E-state index in [-0.39, 0.29) is 51.4 Å². The SMILES string of the molecule is CCCCCCC(O)CCC(CCCCCC)S(=O)(=O)[O-].[K+]. The van der Waals surface area contributed by atoms with Gasteiger partial charge in [0, 0.05) is 5.25 Å². The topological polar surface area (TPSA) is 77.4 Å². The molecule has 0 saturated heterocycles. The first-order valence-corrected chi connectivity index (χ1v) is 10.0. The summed E-state index contributed by atoms with van der Waals surface area (Å²) in [6, 6.07) is 0. The van der Waals surface area contributed by atoms with Crippen molar-refractivity contribution >= 4 is 10.1 Å². The quantitative estimate of drug-likeness (QED) is 0.285. The summed E-state index contributed by atoms with van der Waals surface area (Å²) in [6.45, 7) is 4.23. The molecule has 6 heteroatoms. The van der Waals surface area contributed by atoms with Gasteiger partial charge in [-0.05, 0) is 25.7 Å². The molecule has 0 aliphatic carbocycles. The first-order valence-electron chi connectivity index (χ1n) is 8.54. The molecule has 0 aliphatic heterocycles. The normalized spacial score (nSPS) is 14.4. The first kappa shape index (κ1) is 25.7. The summed E-state index contributed by atoms with van der Waals surface area (Å²) in [4.78, 5) is 0. The predicted octanol–water partition coefficient (Wildman–Crippen LogP) is 0.986. The smallest absolute Gasteiger partial charge is 0.748 e. The fraction of sp³-hybridized carbons (Fsp3) is 1.00. The van der Waals surface area contributed by atoms with E-state index in [1.54, 1.807) is 0 Å². The molecule has 128 valence electrons. The number of hydrogen-bond donors (Lipinski definition) is 1. The van der Waals surface area contributed by atoms with Crippen molar-refractivity contribution in [1.29, 1.82) is 0 Å². The Morgan fingerprint density at radius 3 is 1.77 bits per heavy atom. The third-order valence-corrected chi connectivity index (χ3v) is 5.29. The molecule has 2 atom stereocenters. The molecule has 4 nitrogen and oxygen atoms in total. The summed E-state index contributed by atoms with van der Waals surface area (Å²) >= 11 is 0. The Bertz CT molecular complexity index is 333. The van der Waals surface area contributed by atoms with E-state index in [1.807, 2.05) is 0 Å². The molecule has 0 saturated carbocycles. The van der Waals surface area contributed by atoms with E-state index >= 15 is 0 Å². The molecule has 0 amide bonds. The fourth-order valence-electron chi connectivity index (χ4n) is 2.56. The van der Waals surface area contributed by atoms with Gasteiger partial charge in [0.1, 0.15) is 0 Å². The second kappa shape index (κ2) is 16.0. The van der Waals surface area contributed by atoms with Gasteiger partial charge < -0.3 is 9.66 Å². The molecule has 2 unspecified atom stereocenters. The molecule has 22 heavy (non-hydrogen) atoms. The summed E-state index contributed by atoms with van der Waals surface area (Å²) < 4.78 is 33.8. The van der Waals surface area contributed by atoms with Crippen LogP contribution < -0.4 is 51.4 Å². The van der Waals surface area contributed by atoms with Crippen LogP contribution in [-0.4, -0.2) is 29.4 Å². The van der Waals surface area contributed by atoms with Crippen LogP contribution in [0.4, 0.5) is 0 Å². The van der Waals surface area contributed by atoms with Crippen molar-refractivity contribution in [3.63, 3.8) is 0 Å². The number of hydrogen-bond acceptors (Lipinski definition) is 4. The summed E-state index contributed by atoms with van der Waals surface area (Å²) in [7, 11) is -4.24. The van der Waals surface area contributed by atoms with E-state index in [0.29, 0.717) is 25.7 Å². The molecule has 0 heterocycles. The minimum atomic E-state index is -4.24. The molecule has 1 N–H and O–H groups in total. The van der Waals surface area contributed by atoms with Gasteiger partial charge in [0.2, 0.25) is 0 Å². The fourth-order valence-corrected chi connectivity index (χ4v) is 3.44. The molecular formula is C16H33KO4S. The van der Waals surface area contributed by atoms with Crippen LogP contribution in [0.25, 0.3) is 0 Å². The van der Waals surface area contributed by atoms with Gasteiger partial charge in [-0.3, -0.25) is 0 Å². The van der Waals surface area contributed by atoms with E-state index in [2.05, 4.69) is 13.8 Å². The maximum absolute atomic E-state index is 11.3. The van der Waals surface area contributed by atoms with E-state index in [9.17, 15) is 18.1 Å². The third kappa shape index (κ3) is 15.1. The van der Waals surface area contributed by atoms with Gasteiger partial charge in [-0.1, -0.05) is 65.2 Å². The van der Waals surface area contributed by atoms with Crippen LogP contribution >= 0.6 is 0 Å². The van der Waals surface area contributed by atoms with Gasteiger partial charge >= 0.3 is 51.4 Å². The van der Waals surface area contributed by atoms with Crippen molar-refractivity contribution in [3.8, 4) is 0 Å². The number of aliphatic hydroxyl groups excluding tert-OH is 1. The predicted molar refractivity (Wildman–Crippen MR) is 86.2 cm³/mol. The number of rotatable bonds is 14. The standard InChI is InChI=1S/C16H34O4S.K/c1-3-5-7-9-11-15(17)13-14-16(21(18,19)20)12-10-8-6-4-2;/h15-17H,3-14H2,1-2H3,(H,18,19,20);/q;+1/p-1. The van der Waals surface area contributed by atoms with Crippen molar-refractivity contribution in [3.05, 3.63) is 0 Å². The Labute approximate surface area is 180 Å². The summed E-state index contributed by atoms with van der Waals surface area (Å²) in [6.07, 6.45) is 9.72. The largest absolute Gasteiger partial charge is 1.00 e. The zero-order valence-electron chi connectivity index (χ0n) is 14.7. The molecule has 0 aromatic carbocycles. The molecule has 0 aromatic heterocycles. The van der Waals surface area contributed by atoms with Crippen LogP contribution in [0, 0.1) is 0 Å². The Morgan fingerprint density at radius 2 is 1.32 bits per heavy atom. The zero-order valence-corrected chi connectivity index (χ0v) is 18.7. The first-order chi connectivity index (χ1) is 9.91. The zero-order chi connectivity index (χ0) is 16.1. The Morgan fingerprint density at radius 1 is 0.818 bits per heavy atom. The van der Waals surface area contributed by atoms with Gasteiger partial charge in [-0.15, -0.1) is 0 Å². The molecule has 0 radical (unpaired) electrons. The van der Waals surface area contributed by atoms with E-state index in [4.69, 9.17) is 0 Å². The maximum atomic E-state index is 11.3. The number of unbranched alkanes of at least 4 members (excludes halogenated alkanes) is 6. The molecular weight excluding hydrogens is 327 g/mol. The molecule has 0 rings (SSSR count). The second-order valence-electron chi connectivity index (χ2n) is 6.04. The van der Waals surface area contributed by atoms with Gasteiger partial charge in [-0.25, -0.2) is 8.42 Å². The average molecular weight is 361 g/mol. The average Bonchev–Trinajstić information content (AvgIpc) is 2.41. The molecule has 0 bridgehead atoms. The van der Waals surface area contributed by atoms with Crippen molar-refractivity contribution in [2.75, 3.05) is 0 Å². The van der Waals surface area contributed by atoms with Crippen molar-refractivity contribution in [2.45, 2.75) is 102 Å². The summed E-state index contributed by atoms with van der Waals surface area (Å²) in [5.41, 5.74) is 0. The van der Waals surface area contributed by atoms with Gasteiger partial charge in [-0.2, -0.15) is 0 Å². The minimum Gasteiger partial charge on any atom is -0.748 e. The summed E-state index contributed by atoms with van der Waals surface area (Å²) in [5, 5.41) is 9.06. The van der Waals surface area contributed by atoms with Crippen LogP contribution in [0.2, 0.25) is 0 Å². The van der Waals surface area contributed by atoms with Crippen LogP contribution in [0.3, 0.4) is 0 Å². The van der Waals surface area contributed by atoms with Crippen molar-refractivity contribution in [2.24, 2.45) is 0 Å². The van der Waals surface area contributed by atoms with Crippen molar-refractivity contribution in [1.82, 2.24) is 0 Å². The maximum Gasteiger partial charge on any atom is 1.00 e. The monoisotopic (exact) mass is 360 g/mol. The van der Waals surface area contributed by atoms with E-state index in [1.165, 1.54) is 6.42 Å². The van der Waals surface area contributed by atoms with E-state index in [0.717, 1.165) is 44.9 Å². The van der Waals surface area contributed by atoms with Crippen LogP contribution in [0.15, 0.2) is 0 Å². The molecule has 0 fully saturated rings. The van der Waals surface area contributed by atoms with Gasteiger partial charge in [0.25, 0.3) is 0 Å². The van der Waals surface area contributed by atoms with Crippen LogP contribution in [-0.2, 0) is 10.1 Å². The Balaban J connectivity index is 0. The molecule has 0 aliphatic rings. The van der Waals surface area contributed by atoms with Crippen LogP contribution in [0.1, 0.15) is 90.9 Å². The molecule has 0 aromatic rings. The van der Waals surface area contributed by atoms with Crippen LogP contribution in [0.5, 0.6) is 0 Å². The van der Waals surface area contributed by atoms with Crippen molar-refractivity contribution < 1.29 is 69.5 Å². The van der Waals surface area contributed by atoms with E-state index < -0.39 is 21.5 Å².